The van der Waals surface area contributed by atoms with E-state index in [1.54, 1.807) is 0 Å². The van der Waals surface area contributed by atoms with E-state index in [0.717, 1.165) is 24.0 Å². The van der Waals surface area contributed by atoms with Gasteiger partial charge in [-0.2, -0.15) is 0 Å². The van der Waals surface area contributed by atoms with Gasteiger partial charge in [0.05, 0.1) is 6.54 Å². The maximum absolute atomic E-state index is 12.0. The number of amides is 2. The van der Waals surface area contributed by atoms with Gasteiger partial charge in [-0.3, -0.25) is 9.59 Å². The zero-order valence-electron chi connectivity index (χ0n) is 14.6. The minimum Gasteiger partial charge on any atom is -0.383 e. The number of benzene rings is 1. The highest BCUT2D eigenvalue weighted by atomic mass is 16.3. The van der Waals surface area contributed by atoms with E-state index < -0.39 is 5.60 Å². The molecule has 0 saturated carbocycles. The monoisotopic (exact) mass is 332 g/mol. The SMILES string of the molecule is CC(C)NC(=O)CCCC(=O)NCC1(O)CCCc2ccccc21. The first kappa shape index (κ1) is 18.5. The Balaban J connectivity index is 1.79. The molecule has 1 atom stereocenters. The number of hydrogen-bond acceptors (Lipinski definition) is 3. The Labute approximate surface area is 143 Å². The Morgan fingerprint density at radius 3 is 2.67 bits per heavy atom. The molecule has 1 unspecified atom stereocenters. The van der Waals surface area contributed by atoms with Crippen LogP contribution in [-0.4, -0.2) is 29.5 Å². The summed E-state index contributed by atoms with van der Waals surface area (Å²) in [4.78, 5) is 23.5. The fourth-order valence-corrected chi connectivity index (χ4v) is 3.22. The number of nitrogens with one attached hydrogen (secondary N) is 2. The van der Waals surface area contributed by atoms with Gasteiger partial charge in [0.2, 0.25) is 11.8 Å². The lowest BCUT2D eigenvalue weighted by atomic mass is 9.79. The van der Waals surface area contributed by atoms with E-state index in [0.29, 0.717) is 25.7 Å². The highest BCUT2D eigenvalue weighted by Crippen LogP contribution is 2.34. The molecule has 2 rings (SSSR count). The van der Waals surface area contributed by atoms with Crippen LogP contribution in [0.3, 0.4) is 0 Å². The molecule has 3 N–H and O–H groups in total. The van der Waals surface area contributed by atoms with Crippen LogP contribution in [0, 0.1) is 0 Å². The standard InChI is InChI=1S/C19H28N2O3/c1-14(2)21-18(23)11-5-10-17(22)20-13-19(24)12-6-8-15-7-3-4-9-16(15)19/h3-4,7,9,14,24H,5-6,8,10-13H2,1-2H3,(H,20,22)(H,21,23). The molecule has 1 aromatic carbocycles. The van der Waals surface area contributed by atoms with E-state index in [1.807, 2.05) is 38.1 Å². The van der Waals surface area contributed by atoms with Crippen molar-refractivity contribution in [3.05, 3.63) is 35.4 Å². The quantitative estimate of drug-likeness (QED) is 0.715. The summed E-state index contributed by atoms with van der Waals surface area (Å²) in [7, 11) is 0. The molecule has 0 aromatic heterocycles. The highest BCUT2D eigenvalue weighted by Gasteiger charge is 2.34. The van der Waals surface area contributed by atoms with Gasteiger partial charge < -0.3 is 15.7 Å². The second kappa shape index (κ2) is 8.29. The zero-order valence-corrected chi connectivity index (χ0v) is 14.6. The van der Waals surface area contributed by atoms with Gasteiger partial charge in [-0.25, -0.2) is 0 Å². The van der Waals surface area contributed by atoms with Crippen LogP contribution < -0.4 is 10.6 Å². The first-order valence-electron chi connectivity index (χ1n) is 8.77. The van der Waals surface area contributed by atoms with Crippen molar-refractivity contribution in [1.29, 1.82) is 0 Å². The number of fused-ring (bicyclic) bond motifs is 1. The summed E-state index contributed by atoms with van der Waals surface area (Å²) in [5.41, 5.74) is 1.10. The van der Waals surface area contributed by atoms with Crippen LogP contribution in [0.25, 0.3) is 0 Å². The fourth-order valence-electron chi connectivity index (χ4n) is 3.22. The van der Waals surface area contributed by atoms with Crippen LogP contribution in [0.5, 0.6) is 0 Å². The lowest BCUT2D eigenvalue weighted by Crippen LogP contribution is -2.43. The Bertz CT molecular complexity index is 586. The molecule has 24 heavy (non-hydrogen) atoms. The molecule has 5 nitrogen and oxygen atoms in total. The van der Waals surface area contributed by atoms with E-state index >= 15 is 0 Å². The van der Waals surface area contributed by atoms with Crippen molar-refractivity contribution in [2.75, 3.05) is 6.54 Å². The average molecular weight is 332 g/mol. The van der Waals surface area contributed by atoms with E-state index in [9.17, 15) is 14.7 Å². The van der Waals surface area contributed by atoms with E-state index in [4.69, 9.17) is 0 Å². The van der Waals surface area contributed by atoms with Crippen molar-refractivity contribution in [3.8, 4) is 0 Å². The van der Waals surface area contributed by atoms with Crippen LogP contribution >= 0.6 is 0 Å². The predicted molar refractivity (Wildman–Crippen MR) is 93.4 cm³/mol. The van der Waals surface area contributed by atoms with Crippen LogP contribution in [0.2, 0.25) is 0 Å². The van der Waals surface area contributed by atoms with Gasteiger partial charge in [0.25, 0.3) is 0 Å². The molecule has 0 radical (unpaired) electrons. The molecule has 0 spiro atoms. The van der Waals surface area contributed by atoms with Crippen molar-refractivity contribution >= 4 is 11.8 Å². The molecule has 132 valence electrons. The Hall–Kier alpha value is -1.88. The minimum atomic E-state index is -0.987. The Kier molecular flexibility index (Phi) is 6.37. The van der Waals surface area contributed by atoms with Crippen LogP contribution in [0.15, 0.2) is 24.3 Å². The molecule has 2 amide bonds. The number of aryl methyl sites for hydroxylation is 1. The van der Waals surface area contributed by atoms with Gasteiger partial charge in [0.15, 0.2) is 0 Å². The third-order valence-electron chi connectivity index (χ3n) is 4.39. The number of carbonyl (C=O) groups excluding carboxylic acids is 2. The first-order chi connectivity index (χ1) is 11.4. The second-order valence-electron chi connectivity index (χ2n) is 6.89. The highest BCUT2D eigenvalue weighted by molar-refractivity contribution is 5.79. The van der Waals surface area contributed by atoms with Crippen molar-refractivity contribution in [3.63, 3.8) is 0 Å². The maximum Gasteiger partial charge on any atom is 0.220 e. The number of hydrogen-bond donors (Lipinski definition) is 3. The maximum atomic E-state index is 12.0. The summed E-state index contributed by atoms with van der Waals surface area (Å²) in [6.07, 6.45) is 3.69. The molecule has 0 fully saturated rings. The predicted octanol–water partition coefficient (Wildman–Crippen LogP) is 2.02. The van der Waals surface area contributed by atoms with Crippen molar-refractivity contribution in [2.24, 2.45) is 0 Å². The average Bonchev–Trinajstić information content (AvgIpc) is 2.53. The summed E-state index contributed by atoms with van der Waals surface area (Å²) in [5.74, 6) is -0.151. The van der Waals surface area contributed by atoms with Gasteiger partial charge in [-0.15, -0.1) is 0 Å². The summed E-state index contributed by atoms with van der Waals surface area (Å²) < 4.78 is 0. The summed E-state index contributed by atoms with van der Waals surface area (Å²) in [6, 6.07) is 7.99. The number of rotatable bonds is 7. The molecule has 0 heterocycles. The zero-order chi connectivity index (χ0) is 17.6. The van der Waals surface area contributed by atoms with Gasteiger partial charge in [0.1, 0.15) is 5.60 Å². The topological polar surface area (TPSA) is 78.4 Å². The van der Waals surface area contributed by atoms with Crippen LogP contribution in [-0.2, 0) is 21.6 Å². The molecule has 1 aliphatic rings. The second-order valence-corrected chi connectivity index (χ2v) is 6.89. The summed E-state index contributed by atoms with van der Waals surface area (Å²) >= 11 is 0. The number of aliphatic hydroxyl groups is 1. The summed E-state index contributed by atoms with van der Waals surface area (Å²) in [5, 5.41) is 16.5. The number of carbonyl (C=O) groups is 2. The van der Waals surface area contributed by atoms with Gasteiger partial charge >= 0.3 is 0 Å². The van der Waals surface area contributed by atoms with Crippen molar-refractivity contribution in [1.82, 2.24) is 10.6 Å². The van der Waals surface area contributed by atoms with Crippen molar-refractivity contribution < 1.29 is 14.7 Å². The van der Waals surface area contributed by atoms with Crippen molar-refractivity contribution in [2.45, 2.75) is 64.0 Å². The Morgan fingerprint density at radius 1 is 1.21 bits per heavy atom. The van der Waals surface area contributed by atoms with Gasteiger partial charge in [-0.1, -0.05) is 24.3 Å². The third kappa shape index (κ3) is 5.06. The van der Waals surface area contributed by atoms with E-state index in [1.165, 1.54) is 0 Å². The minimum absolute atomic E-state index is 0.0300. The van der Waals surface area contributed by atoms with Gasteiger partial charge in [0, 0.05) is 18.9 Å². The summed E-state index contributed by atoms with van der Waals surface area (Å²) in [6.45, 7) is 4.04. The fraction of sp³-hybridized carbons (Fsp3) is 0.579. The molecule has 1 aliphatic carbocycles. The normalized spacial score (nSPS) is 19.7. The molecule has 0 aliphatic heterocycles. The molecule has 1 aromatic rings. The molecular formula is C19H28N2O3. The van der Waals surface area contributed by atoms with Gasteiger partial charge in [-0.05, 0) is 50.7 Å². The molecular weight excluding hydrogens is 304 g/mol. The lowest BCUT2D eigenvalue weighted by molar-refractivity contribution is -0.123. The van der Waals surface area contributed by atoms with E-state index in [2.05, 4.69) is 10.6 Å². The first-order valence-corrected chi connectivity index (χ1v) is 8.77. The molecule has 0 saturated heterocycles. The lowest BCUT2D eigenvalue weighted by Gasteiger charge is -2.34. The Morgan fingerprint density at radius 2 is 1.92 bits per heavy atom. The van der Waals surface area contributed by atoms with E-state index in [-0.39, 0.29) is 24.4 Å². The smallest absolute Gasteiger partial charge is 0.220 e. The largest absolute Gasteiger partial charge is 0.383 e. The molecule has 0 bridgehead atoms. The molecule has 5 heteroatoms. The third-order valence-corrected chi connectivity index (χ3v) is 4.39. The van der Waals surface area contributed by atoms with Crippen LogP contribution in [0.1, 0.15) is 57.1 Å². The van der Waals surface area contributed by atoms with Crippen LogP contribution in [0.4, 0.5) is 0 Å².